The zero-order chi connectivity index (χ0) is 26.8. The highest BCUT2D eigenvalue weighted by molar-refractivity contribution is 5.94. The number of ether oxygens (including phenoxy) is 1. The van der Waals surface area contributed by atoms with Crippen LogP contribution in [0.15, 0.2) is 49.1 Å². The maximum Gasteiger partial charge on any atom is 0.416 e. The summed E-state index contributed by atoms with van der Waals surface area (Å²) in [5.41, 5.74) is 1.61. The second kappa shape index (κ2) is 8.81. The van der Waals surface area contributed by atoms with Crippen LogP contribution in [0.5, 0.6) is 11.5 Å². The van der Waals surface area contributed by atoms with E-state index in [0.717, 1.165) is 56.5 Å². The average molecular weight is 523 g/mol. The summed E-state index contributed by atoms with van der Waals surface area (Å²) in [5, 5.41) is 10.7. The van der Waals surface area contributed by atoms with Gasteiger partial charge in [0.15, 0.2) is 11.5 Å². The number of carbonyl (C=O) groups excluding carboxylic acids is 1. The molecule has 2 heterocycles. The Hall–Kier alpha value is -3.44. The number of halogens is 3. The molecule has 8 heteroatoms. The SMILES string of the molecule is C=CCN1CC[C@]23c4c5ccc(O)c4O[C@H]2[C@@H](N(C)C(=O)C#Cc2ccc(C(F)(F)F)cc2)CC[C@H]3[C@H]1C5. The number of likely N-dealkylation sites (N-methyl/N-ethyl adjacent to an activating group) is 1. The third-order valence-electron chi connectivity index (χ3n) is 9.11. The number of hydrogen-bond acceptors (Lipinski definition) is 4. The van der Waals surface area contributed by atoms with Crippen molar-refractivity contribution >= 4 is 5.91 Å². The van der Waals surface area contributed by atoms with E-state index in [-0.39, 0.29) is 23.3 Å². The van der Waals surface area contributed by atoms with Crippen LogP contribution in [0, 0.1) is 17.8 Å². The van der Waals surface area contributed by atoms with Crippen LogP contribution < -0.4 is 4.74 Å². The summed E-state index contributed by atoms with van der Waals surface area (Å²) in [4.78, 5) is 17.3. The molecule has 38 heavy (non-hydrogen) atoms. The molecule has 1 N–H and O–H groups in total. The Balaban J connectivity index is 1.30. The van der Waals surface area contributed by atoms with E-state index >= 15 is 0 Å². The van der Waals surface area contributed by atoms with Crippen molar-refractivity contribution < 1.29 is 27.8 Å². The Kier molecular flexibility index (Phi) is 5.76. The van der Waals surface area contributed by atoms with Crippen molar-refractivity contribution in [3.8, 4) is 23.3 Å². The number of phenolic OH excluding ortho intramolecular Hbond substituents is 1. The molecule has 2 aromatic carbocycles. The minimum atomic E-state index is -4.42. The molecule has 2 aliphatic heterocycles. The molecule has 2 aliphatic carbocycles. The highest BCUT2D eigenvalue weighted by Crippen LogP contribution is 2.64. The monoisotopic (exact) mass is 522 g/mol. The quantitative estimate of drug-likeness (QED) is 0.476. The van der Waals surface area contributed by atoms with E-state index in [0.29, 0.717) is 23.3 Å². The van der Waals surface area contributed by atoms with Gasteiger partial charge in [-0.3, -0.25) is 9.69 Å². The molecule has 0 aromatic heterocycles. The Labute approximate surface area is 219 Å². The van der Waals surface area contributed by atoms with Gasteiger partial charge >= 0.3 is 6.18 Å². The van der Waals surface area contributed by atoms with Gasteiger partial charge in [-0.1, -0.05) is 18.1 Å². The predicted molar refractivity (Wildman–Crippen MR) is 136 cm³/mol. The van der Waals surface area contributed by atoms with Crippen molar-refractivity contribution in [1.29, 1.82) is 0 Å². The van der Waals surface area contributed by atoms with Gasteiger partial charge in [-0.05, 0) is 74.0 Å². The van der Waals surface area contributed by atoms with Gasteiger partial charge in [-0.25, -0.2) is 0 Å². The van der Waals surface area contributed by atoms with Crippen molar-refractivity contribution in [2.24, 2.45) is 5.92 Å². The fourth-order valence-corrected chi connectivity index (χ4v) is 7.49. The maximum absolute atomic E-state index is 13.2. The molecular formula is C30H29F3N2O3. The molecule has 2 bridgehead atoms. The van der Waals surface area contributed by atoms with Crippen molar-refractivity contribution in [3.05, 3.63) is 71.3 Å². The minimum Gasteiger partial charge on any atom is -0.504 e. The van der Waals surface area contributed by atoms with Crippen molar-refractivity contribution in [2.45, 2.75) is 55.5 Å². The predicted octanol–water partition coefficient (Wildman–Crippen LogP) is 4.51. The van der Waals surface area contributed by atoms with Crippen LogP contribution in [-0.4, -0.2) is 59.1 Å². The fraction of sp³-hybridized carbons (Fsp3) is 0.433. The number of likely N-dealkylation sites (tertiary alicyclic amines) is 1. The number of piperidine rings is 1. The first-order valence-electron chi connectivity index (χ1n) is 13.0. The van der Waals surface area contributed by atoms with Gasteiger partial charge in [0.2, 0.25) is 0 Å². The Bertz CT molecular complexity index is 1360. The molecule has 1 amide bonds. The maximum atomic E-state index is 13.2. The zero-order valence-corrected chi connectivity index (χ0v) is 21.1. The van der Waals surface area contributed by atoms with Gasteiger partial charge in [-0.2, -0.15) is 13.2 Å². The number of rotatable bonds is 3. The zero-order valence-electron chi connectivity index (χ0n) is 21.1. The molecule has 0 unspecified atom stereocenters. The second-order valence-corrected chi connectivity index (χ2v) is 10.8. The van der Waals surface area contributed by atoms with Gasteiger partial charge in [0.05, 0.1) is 11.6 Å². The Morgan fingerprint density at radius 1 is 1.26 bits per heavy atom. The highest BCUT2D eigenvalue weighted by atomic mass is 19.4. The van der Waals surface area contributed by atoms with Crippen LogP contribution in [0.2, 0.25) is 0 Å². The lowest BCUT2D eigenvalue weighted by Gasteiger charge is -2.60. The molecule has 5 atom stereocenters. The molecular weight excluding hydrogens is 493 g/mol. The summed E-state index contributed by atoms with van der Waals surface area (Å²) in [6.45, 7) is 5.66. The smallest absolute Gasteiger partial charge is 0.416 e. The van der Waals surface area contributed by atoms with Crippen molar-refractivity contribution in [1.82, 2.24) is 9.80 Å². The minimum absolute atomic E-state index is 0.132. The van der Waals surface area contributed by atoms with Crippen LogP contribution in [0.4, 0.5) is 13.2 Å². The summed E-state index contributed by atoms with van der Waals surface area (Å²) in [7, 11) is 1.71. The second-order valence-electron chi connectivity index (χ2n) is 10.8. The first kappa shape index (κ1) is 24.9. The van der Waals surface area contributed by atoms with E-state index < -0.39 is 17.6 Å². The van der Waals surface area contributed by atoms with Crippen LogP contribution in [0.25, 0.3) is 0 Å². The standard InChI is InChI=1S/C30H29F3N2O3/c1-3-15-35-16-14-29-21-10-11-22(28(29)38-27-24(36)12-7-19(26(27)29)17-23(21)35)34(2)25(37)13-6-18-4-8-20(9-5-18)30(31,32)33/h3-5,7-9,12,21-23,28,36H,1,10-11,14-17H2,2H3/t21-,22-,23+,28-,29-/m0/s1. The summed E-state index contributed by atoms with van der Waals surface area (Å²) in [6.07, 6.45) is 0.645. The molecule has 1 spiro atoms. The number of nitrogens with zero attached hydrogens (tertiary/aromatic N) is 2. The largest absolute Gasteiger partial charge is 0.504 e. The van der Waals surface area contributed by atoms with E-state index in [1.54, 1.807) is 18.0 Å². The van der Waals surface area contributed by atoms with E-state index in [1.807, 2.05) is 12.1 Å². The van der Waals surface area contributed by atoms with Gasteiger partial charge in [0.1, 0.15) is 6.10 Å². The van der Waals surface area contributed by atoms with Gasteiger partial charge in [0, 0.05) is 42.1 Å². The normalized spacial score (nSPS) is 28.9. The number of hydrogen-bond donors (Lipinski definition) is 1. The molecule has 6 rings (SSSR count). The van der Waals surface area contributed by atoms with E-state index in [2.05, 4.69) is 23.3 Å². The van der Waals surface area contributed by atoms with Crippen LogP contribution in [0.3, 0.4) is 0 Å². The lowest BCUT2D eigenvalue weighted by atomic mass is 9.51. The first-order chi connectivity index (χ1) is 18.1. The van der Waals surface area contributed by atoms with Crippen LogP contribution in [0.1, 0.15) is 41.5 Å². The van der Waals surface area contributed by atoms with Crippen LogP contribution >= 0.6 is 0 Å². The lowest BCUT2D eigenvalue weighted by Crippen LogP contribution is -2.68. The molecule has 1 saturated carbocycles. The van der Waals surface area contributed by atoms with Crippen LogP contribution in [-0.2, 0) is 22.8 Å². The number of aromatic hydroxyl groups is 1. The molecule has 4 aliphatic rings. The summed E-state index contributed by atoms with van der Waals surface area (Å²) in [6, 6.07) is 8.28. The third-order valence-corrected chi connectivity index (χ3v) is 9.11. The number of carbonyl (C=O) groups is 1. The number of benzene rings is 2. The lowest BCUT2D eigenvalue weighted by molar-refractivity contribution is -0.137. The van der Waals surface area contributed by atoms with Gasteiger partial charge in [0.25, 0.3) is 5.91 Å². The van der Waals surface area contributed by atoms with E-state index in [4.69, 9.17) is 4.74 Å². The fourth-order valence-electron chi connectivity index (χ4n) is 7.49. The van der Waals surface area contributed by atoms with Gasteiger partial charge in [-0.15, -0.1) is 6.58 Å². The molecule has 0 radical (unpaired) electrons. The number of phenols is 1. The molecule has 5 nitrogen and oxygen atoms in total. The molecule has 1 saturated heterocycles. The Morgan fingerprint density at radius 3 is 2.74 bits per heavy atom. The highest BCUT2D eigenvalue weighted by Gasteiger charge is 2.66. The van der Waals surface area contributed by atoms with Crippen molar-refractivity contribution in [2.75, 3.05) is 20.1 Å². The molecule has 198 valence electrons. The van der Waals surface area contributed by atoms with Gasteiger partial charge < -0.3 is 14.7 Å². The summed E-state index contributed by atoms with van der Waals surface area (Å²) in [5.74, 6) is 5.94. The van der Waals surface area contributed by atoms with E-state index in [9.17, 15) is 23.1 Å². The van der Waals surface area contributed by atoms with E-state index in [1.165, 1.54) is 17.7 Å². The topological polar surface area (TPSA) is 53.0 Å². The number of alkyl halides is 3. The first-order valence-corrected chi connectivity index (χ1v) is 13.0. The number of amides is 1. The van der Waals surface area contributed by atoms with Crippen molar-refractivity contribution in [3.63, 3.8) is 0 Å². The summed E-state index contributed by atoms with van der Waals surface area (Å²) >= 11 is 0. The molecule has 2 fully saturated rings. The average Bonchev–Trinajstić information content (AvgIpc) is 3.25. The molecule has 2 aromatic rings. The third kappa shape index (κ3) is 3.63. The Morgan fingerprint density at radius 2 is 2.03 bits per heavy atom. The summed E-state index contributed by atoms with van der Waals surface area (Å²) < 4.78 is 45.1.